The van der Waals surface area contributed by atoms with Crippen molar-refractivity contribution in [3.63, 3.8) is 0 Å². The summed E-state index contributed by atoms with van der Waals surface area (Å²) in [4.78, 5) is 41.0. The normalized spacial score (nSPS) is 18.7. The molecule has 0 aromatic heterocycles. The van der Waals surface area contributed by atoms with Crippen LogP contribution in [0.15, 0.2) is 48.0 Å². The summed E-state index contributed by atoms with van der Waals surface area (Å²) in [5, 5.41) is 2.27. The van der Waals surface area contributed by atoms with Crippen LogP contribution in [0.25, 0.3) is 6.08 Å². The van der Waals surface area contributed by atoms with Crippen molar-refractivity contribution in [1.29, 1.82) is 0 Å². The second-order valence-corrected chi connectivity index (χ2v) is 7.44. The number of nitrogens with one attached hydrogen (secondary N) is 1. The van der Waals surface area contributed by atoms with Crippen LogP contribution in [0.4, 0.5) is 16.2 Å². The third-order valence-corrected chi connectivity index (χ3v) is 5.29. The molecule has 30 heavy (non-hydrogen) atoms. The van der Waals surface area contributed by atoms with Gasteiger partial charge in [0.05, 0.1) is 18.9 Å². The molecule has 2 saturated heterocycles. The number of hydrogen-bond acceptors (Lipinski definition) is 5. The molecule has 0 radical (unpaired) electrons. The number of hydrogen-bond donors (Lipinski definition) is 1. The van der Waals surface area contributed by atoms with Crippen LogP contribution in [0.2, 0.25) is 0 Å². The van der Waals surface area contributed by atoms with Crippen molar-refractivity contribution in [2.45, 2.75) is 13.8 Å². The van der Waals surface area contributed by atoms with Crippen molar-refractivity contribution in [3.05, 3.63) is 64.7 Å². The van der Waals surface area contributed by atoms with Crippen molar-refractivity contribution >= 4 is 35.3 Å². The van der Waals surface area contributed by atoms with Gasteiger partial charge < -0.3 is 9.64 Å². The lowest BCUT2D eigenvalue weighted by atomic mass is 10.0. The summed E-state index contributed by atoms with van der Waals surface area (Å²) in [6.07, 6.45) is 1.55. The standard InChI is InChI=1S/C23H23N3O4/c1-15-4-3-5-19(12-15)26-22(28)20(21(27)24-23(26)29)14-17-6-7-18(13-16(17)2)25-8-10-30-11-9-25/h3-7,12-14H,8-11H2,1-2H3,(H,24,27,29)/b20-14+. The third kappa shape index (κ3) is 3.84. The Morgan fingerprint density at radius 3 is 2.43 bits per heavy atom. The molecule has 7 nitrogen and oxygen atoms in total. The maximum Gasteiger partial charge on any atom is 0.335 e. The zero-order chi connectivity index (χ0) is 21.3. The Balaban J connectivity index is 1.65. The monoisotopic (exact) mass is 405 g/mol. The lowest BCUT2D eigenvalue weighted by molar-refractivity contribution is -0.122. The van der Waals surface area contributed by atoms with E-state index in [1.54, 1.807) is 24.3 Å². The number of barbiturate groups is 1. The van der Waals surface area contributed by atoms with Crippen molar-refractivity contribution in [1.82, 2.24) is 5.32 Å². The van der Waals surface area contributed by atoms with E-state index in [0.717, 1.165) is 40.4 Å². The quantitative estimate of drug-likeness (QED) is 0.628. The molecule has 0 aliphatic carbocycles. The summed E-state index contributed by atoms with van der Waals surface area (Å²) in [6.45, 7) is 6.86. The molecule has 0 spiro atoms. The summed E-state index contributed by atoms with van der Waals surface area (Å²) in [5.74, 6) is -1.32. The first-order chi connectivity index (χ1) is 14.4. The molecule has 2 aliphatic heterocycles. The molecule has 2 aromatic carbocycles. The number of carbonyl (C=O) groups is 3. The predicted octanol–water partition coefficient (Wildman–Crippen LogP) is 2.81. The fraction of sp³-hybridized carbons (Fsp3) is 0.261. The summed E-state index contributed by atoms with van der Waals surface area (Å²) in [5.41, 5.74) is 4.03. The third-order valence-electron chi connectivity index (χ3n) is 5.29. The molecular weight excluding hydrogens is 382 g/mol. The second kappa shape index (κ2) is 8.12. The minimum Gasteiger partial charge on any atom is -0.378 e. The summed E-state index contributed by atoms with van der Waals surface area (Å²) in [7, 11) is 0. The molecule has 0 bridgehead atoms. The van der Waals surface area contributed by atoms with Crippen molar-refractivity contribution in [3.8, 4) is 0 Å². The van der Waals surface area contributed by atoms with E-state index in [1.807, 2.05) is 38.1 Å². The molecule has 4 rings (SSSR count). The molecule has 0 saturated carbocycles. The number of imide groups is 2. The molecule has 0 unspecified atom stereocenters. The van der Waals surface area contributed by atoms with Crippen LogP contribution in [-0.2, 0) is 14.3 Å². The number of aryl methyl sites for hydroxylation is 2. The number of amides is 4. The van der Waals surface area contributed by atoms with E-state index in [0.29, 0.717) is 18.9 Å². The van der Waals surface area contributed by atoms with Gasteiger partial charge in [-0.1, -0.05) is 18.2 Å². The number of rotatable bonds is 3. The fourth-order valence-corrected chi connectivity index (χ4v) is 3.65. The van der Waals surface area contributed by atoms with Crippen molar-refractivity contribution < 1.29 is 19.1 Å². The second-order valence-electron chi connectivity index (χ2n) is 7.44. The molecule has 0 atom stereocenters. The smallest absolute Gasteiger partial charge is 0.335 e. The van der Waals surface area contributed by atoms with Gasteiger partial charge in [0.1, 0.15) is 5.57 Å². The van der Waals surface area contributed by atoms with Crippen LogP contribution >= 0.6 is 0 Å². The van der Waals surface area contributed by atoms with E-state index in [-0.39, 0.29) is 5.57 Å². The highest BCUT2D eigenvalue weighted by Gasteiger charge is 2.36. The van der Waals surface area contributed by atoms with E-state index in [9.17, 15) is 14.4 Å². The first-order valence-electron chi connectivity index (χ1n) is 9.85. The van der Waals surface area contributed by atoms with Gasteiger partial charge in [-0.15, -0.1) is 0 Å². The molecular formula is C23H23N3O4. The van der Waals surface area contributed by atoms with Gasteiger partial charge in [-0.2, -0.15) is 0 Å². The van der Waals surface area contributed by atoms with Crippen LogP contribution < -0.4 is 15.1 Å². The number of ether oxygens (including phenoxy) is 1. The number of benzene rings is 2. The fourth-order valence-electron chi connectivity index (χ4n) is 3.65. The van der Waals surface area contributed by atoms with Crippen molar-refractivity contribution in [2.75, 3.05) is 36.1 Å². The Bertz CT molecular complexity index is 1050. The van der Waals surface area contributed by atoms with E-state index in [1.165, 1.54) is 0 Å². The van der Waals surface area contributed by atoms with Crippen LogP contribution in [0, 0.1) is 13.8 Å². The summed E-state index contributed by atoms with van der Waals surface area (Å²) >= 11 is 0. The van der Waals surface area contributed by atoms with E-state index < -0.39 is 17.8 Å². The van der Waals surface area contributed by atoms with Gasteiger partial charge in [0.25, 0.3) is 11.8 Å². The van der Waals surface area contributed by atoms with Crippen molar-refractivity contribution in [2.24, 2.45) is 0 Å². The molecule has 4 amide bonds. The Hall–Kier alpha value is -3.45. The average Bonchev–Trinajstić information content (AvgIpc) is 2.72. The van der Waals surface area contributed by atoms with E-state index >= 15 is 0 Å². The summed E-state index contributed by atoms with van der Waals surface area (Å²) < 4.78 is 5.40. The maximum atomic E-state index is 13.0. The SMILES string of the molecule is Cc1cccc(N2C(=O)NC(=O)/C(=C\c3ccc(N4CCOCC4)cc3C)C2=O)c1. The number of nitrogens with zero attached hydrogens (tertiary/aromatic N) is 2. The lowest BCUT2D eigenvalue weighted by Crippen LogP contribution is -2.54. The molecule has 7 heteroatoms. The van der Waals surface area contributed by atoms with Gasteiger partial charge in [-0.05, 0) is 60.9 Å². The Kier molecular flexibility index (Phi) is 5.37. The Morgan fingerprint density at radius 1 is 0.967 bits per heavy atom. The predicted molar refractivity (Wildman–Crippen MR) is 114 cm³/mol. The minimum absolute atomic E-state index is 0.0710. The molecule has 1 N–H and O–H groups in total. The number of carbonyl (C=O) groups excluding carboxylic acids is 3. The van der Waals surface area contributed by atoms with Crippen LogP contribution in [0.5, 0.6) is 0 Å². The molecule has 2 aliphatic rings. The Morgan fingerprint density at radius 2 is 1.73 bits per heavy atom. The van der Waals surface area contributed by atoms with Crippen LogP contribution in [0.3, 0.4) is 0 Å². The average molecular weight is 405 g/mol. The first kappa shape index (κ1) is 19.8. The maximum absolute atomic E-state index is 13.0. The molecule has 154 valence electrons. The number of anilines is 2. The first-order valence-corrected chi connectivity index (χ1v) is 9.85. The van der Waals surface area contributed by atoms with E-state index in [2.05, 4.69) is 10.2 Å². The van der Waals surface area contributed by atoms with Gasteiger partial charge >= 0.3 is 6.03 Å². The topological polar surface area (TPSA) is 79.0 Å². The molecule has 2 aromatic rings. The number of urea groups is 1. The minimum atomic E-state index is -0.743. The highest BCUT2D eigenvalue weighted by Crippen LogP contribution is 2.25. The highest BCUT2D eigenvalue weighted by molar-refractivity contribution is 6.39. The molecule has 2 fully saturated rings. The largest absolute Gasteiger partial charge is 0.378 e. The van der Waals surface area contributed by atoms with Crippen LogP contribution in [-0.4, -0.2) is 44.1 Å². The highest BCUT2D eigenvalue weighted by atomic mass is 16.5. The Labute approximate surface area is 174 Å². The number of morpholine rings is 1. The summed E-state index contributed by atoms with van der Waals surface area (Å²) in [6, 6.07) is 12.2. The lowest BCUT2D eigenvalue weighted by Gasteiger charge is -2.29. The van der Waals surface area contributed by atoms with Crippen LogP contribution in [0.1, 0.15) is 16.7 Å². The van der Waals surface area contributed by atoms with Gasteiger partial charge in [-0.3, -0.25) is 14.9 Å². The van der Waals surface area contributed by atoms with E-state index in [4.69, 9.17) is 4.74 Å². The zero-order valence-corrected chi connectivity index (χ0v) is 17.0. The van der Waals surface area contributed by atoms with Gasteiger partial charge in [0.2, 0.25) is 0 Å². The van der Waals surface area contributed by atoms with Gasteiger partial charge in [0, 0.05) is 18.8 Å². The van der Waals surface area contributed by atoms with Gasteiger partial charge in [-0.25, -0.2) is 9.69 Å². The zero-order valence-electron chi connectivity index (χ0n) is 17.0. The molecule has 2 heterocycles. The van der Waals surface area contributed by atoms with Gasteiger partial charge in [0.15, 0.2) is 0 Å².